The lowest BCUT2D eigenvalue weighted by atomic mass is 9.95. The van der Waals surface area contributed by atoms with Gasteiger partial charge in [-0.3, -0.25) is 9.59 Å². The third-order valence-corrected chi connectivity index (χ3v) is 7.09. The Morgan fingerprint density at radius 3 is 2.83 bits per heavy atom. The number of hydrogen-bond acceptors (Lipinski definition) is 7. The molecule has 2 amide bonds. The molecule has 2 heterocycles. The SMILES string of the molecule is Cc1cccc(-c2nnc(SCC(=O)Nc3sc4c(c3C(N)=O)CCCC4)n2N)c1. The average molecular weight is 443 g/mol. The summed E-state index contributed by atoms with van der Waals surface area (Å²) in [4.78, 5) is 25.6. The first-order valence-corrected chi connectivity index (χ1v) is 11.4. The van der Waals surface area contributed by atoms with Crippen molar-refractivity contribution in [2.24, 2.45) is 5.73 Å². The lowest BCUT2D eigenvalue weighted by Crippen LogP contribution is -2.20. The van der Waals surface area contributed by atoms with Crippen molar-refractivity contribution in [3.8, 4) is 11.4 Å². The standard InChI is InChI=1S/C20H22N6O2S2/c1-11-5-4-6-12(9-11)18-24-25-20(26(18)22)29-10-15(27)23-19-16(17(21)28)13-7-2-3-8-14(13)30-19/h4-6,9H,2-3,7-8,10,22H2,1H3,(H2,21,28)(H,23,27). The Bertz CT molecular complexity index is 1120. The van der Waals surface area contributed by atoms with Crippen LogP contribution in [-0.2, 0) is 17.6 Å². The lowest BCUT2D eigenvalue weighted by molar-refractivity contribution is -0.113. The highest BCUT2D eigenvalue weighted by atomic mass is 32.2. The zero-order valence-corrected chi connectivity index (χ0v) is 18.1. The van der Waals surface area contributed by atoms with Crippen molar-refractivity contribution in [1.82, 2.24) is 14.9 Å². The monoisotopic (exact) mass is 442 g/mol. The summed E-state index contributed by atoms with van der Waals surface area (Å²) >= 11 is 2.63. The molecular weight excluding hydrogens is 420 g/mol. The topological polar surface area (TPSA) is 129 Å². The summed E-state index contributed by atoms with van der Waals surface area (Å²) < 4.78 is 1.38. The van der Waals surface area contributed by atoms with E-state index in [0.717, 1.165) is 47.3 Å². The van der Waals surface area contributed by atoms with Gasteiger partial charge in [0.2, 0.25) is 11.1 Å². The highest BCUT2D eigenvalue weighted by Gasteiger charge is 2.25. The summed E-state index contributed by atoms with van der Waals surface area (Å²) in [7, 11) is 0. The van der Waals surface area contributed by atoms with Crippen LogP contribution in [0.15, 0.2) is 29.4 Å². The highest BCUT2D eigenvalue weighted by molar-refractivity contribution is 7.99. The number of hydrogen-bond donors (Lipinski definition) is 3. The molecule has 156 valence electrons. The predicted molar refractivity (Wildman–Crippen MR) is 119 cm³/mol. The Kier molecular flexibility index (Phi) is 5.78. The first-order chi connectivity index (χ1) is 14.4. The molecule has 8 nitrogen and oxygen atoms in total. The van der Waals surface area contributed by atoms with Gasteiger partial charge in [0.05, 0.1) is 11.3 Å². The second-order valence-corrected chi connectivity index (χ2v) is 9.21. The second-order valence-electron chi connectivity index (χ2n) is 7.16. The number of aromatic nitrogens is 3. The molecule has 0 spiro atoms. The van der Waals surface area contributed by atoms with Crippen LogP contribution in [0.4, 0.5) is 5.00 Å². The first kappa shape index (κ1) is 20.4. The molecule has 4 rings (SSSR count). The van der Waals surface area contributed by atoms with Gasteiger partial charge in [-0.1, -0.05) is 35.5 Å². The molecule has 2 aromatic heterocycles. The van der Waals surface area contributed by atoms with Gasteiger partial charge >= 0.3 is 0 Å². The molecule has 0 fully saturated rings. The number of fused-ring (bicyclic) bond motifs is 1. The van der Waals surface area contributed by atoms with E-state index in [4.69, 9.17) is 11.6 Å². The number of carbonyl (C=O) groups excluding carboxylic acids is 2. The maximum atomic E-state index is 12.5. The zero-order valence-electron chi connectivity index (χ0n) is 16.5. The summed E-state index contributed by atoms with van der Waals surface area (Å²) in [5, 5.41) is 12.1. The van der Waals surface area contributed by atoms with E-state index in [1.54, 1.807) is 0 Å². The van der Waals surface area contributed by atoms with Gasteiger partial charge in [0.15, 0.2) is 5.82 Å². The number of nitrogens with zero attached hydrogens (tertiary/aromatic N) is 3. The Morgan fingerprint density at radius 2 is 2.07 bits per heavy atom. The van der Waals surface area contributed by atoms with Crippen molar-refractivity contribution in [1.29, 1.82) is 0 Å². The molecular formula is C20H22N6O2S2. The number of nitrogens with two attached hydrogens (primary N) is 2. The summed E-state index contributed by atoms with van der Waals surface area (Å²) in [6.07, 6.45) is 3.86. The van der Waals surface area contributed by atoms with Crippen LogP contribution in [0.3, 0.4) is 0 Å². The lowest BCUT2D eigenvalue weighted by Gasteiger charge is -2.11. The summed E-state index contributed by atoms with van der Waals surface area (Å²) in [5.41, 5.74) is 8.98. The number of anilines is 1. The third kappa shape index (κ3) is 4.05. The van der Waals surface area contributed by atoms with Crippen molar-refractivity contribution < 1.29 is 9.59 Å². The van der Waals surface area contributed by atoms with Crippen molar-refractivity contribution >= 4 is 39.9 Å². The summed E-state index contributed by atoms with van der Waals surface area (Å²) in [5.74, 6) is 6.01. The Labute approximate surface area is 182 Å². The van der Waals surface area contributed by atoms with E-state index in [-0.39, 0.29) is 11.7 Å². The minimum atomic E-state index is -0.498. The molecule has 0 aliphatic heterocycles. The summed E-state index contributed by atoms with van der Waals surface area (Å²) in [6, 6.07) is 7.80. The maximum Gasteiger partial charge on any atom is 0.251 e. The smallest absolute Gasteiger partial charge is 0.251 e. The number of nitrogen functional groups attached to an aromatic ring is 1. The fourth-order valence-corrected chi connectivity index (χ4v) is 5.53. The Balaban J connectivity index is 1.45. The van der Waals surface area contributed by atoms with Gasteiger partial charge in [0.1, 0.15) is 5.00 Å². The quantitative estimate of drug-likeness (QED) is 0.398. The molecule has 30 heavy (non-hydrogen) atoms. The third-order valence-electron chi connectivity index (χ3n) is 4.94. The van der Waals surface area contributed by atoms with E-state index in [1.807, 2.05) is 31.2 Å². The van der Waals surface area contributed by atoms with E-state index in [1.165, 1.54) is 27.8 Å². The number of rotatable bonds is 6. The number of nitrogens with one attached hydrogen (secondary N) is 1. The van der Waals surface area contributed by atoms with E-state index >= 15 is 0 Å². The fraction of sp³-hybridized carbons (Fsp3) is 0.300. The van der Waals surface area contributed by atoms with Gasteiger partial charge in [-0.15, -0.1) is 21.5 Å². The molecule has 0 unspecified atom stereocenters. The first-order valence-electron chi connectivity index (χ1n) is 9.58. The molecule has 5 N–H and O–H groups in total. The number of aryl methyl sites for hydroxylation is 2. The van der Waals surface area contributed by atoms with Gasteiger partial charge in [-0.25, -0.2) is 4.68 Å². The van der Waals surface area contributed by atoms with Crippen molar-refractivity contribution in [2.45, 2.75) is 37.8 Å². The molecule has 0 atom stereocenters. The van der Waals surface area contributed by atoms with Crippen LogP contribution in [0.5, 0.6) is 0 Å². The van der Waals surface area contributed by atoms with Gasteiger partial charge in [0.25, 0.3) is 5.91 Å². The van der Waals surface area contributed by atoms with Gasteiger partial charge in [0, 0.05) is 10.4 Å². The molecule has 10 heteroatoms. The number of thiophene rings is 1. The molecule has 1 aromatic carbocycles. The van der Waals surface area contributed by atoms with Crippen molar-refractivity contribution in [3.63, 3.8) is 0 Å². The van der Waals surface area contributed by atoms with Crippen LogP contribution >= 0.6 is 23.1 Å². The Hall–Kier alpha value is -2.85. The molecule has 1 aliphatic carbocycles. The van der Waals surface area contributed by atoms with Gasteiger partial charge in [-0.05, 0) is 44.2 Å². The Morgan fingerprint density at radius 1 is 1.27 bits per heavy atom. The van der Waals surface area contributed by atoms with E-state index in [0.29, 0.717) is 21.5 Å². The van der Waals surface area contributed by atoms with Crippen LogP contribution in [-0.4, -0.2) is 32.4 Å². The number of amides is 2. The molecule has 0 radical (unpaired) electrons. The van der Waals surface area contributed by atoms with E-state index in [2.05, 4.69) is 15.5 Å². The summed E-state index contributed by atoms with van der Waals surface area (Å²) in [6.45, 7) is 1.99. The number of thioether (sulfide) groups is 1. The number of benzene rings is 1. The van der Waals surface area contributed by atoms with Crippen LogP contribution in [0.2, 0.25) is 0 Å². The maximum absolute atomic E-state index is 12.5. The largest absolute Gasteiger partial charge is 0.365 e. The minimum Gasteiger partial charge on any atom is -0.365 e. The molecule has 3 aromatic rings. The average Bonchev–Trinajstić information content (AvgIpc) is 3.26. The van der Waals surface area contributed by atoms with Crippen LogP contribution in [0.25, 0.3) is 11.4 Å². The predicted octanol–water partition coefficient (Wildman–Crippen LogP) is 2.74. The second kappa shape index (κ2) is 8.49. The molecule has 0 saturated heterocycles. The van der Waals surface area contributed by atoms with Crippen LogP contribution in [0.1, 0.15) is 39.2 Å². The van der Waals surface area contributed by atoms with Crippen LogP contribution in [0, 0.1) is 6.92 Å². The van der Waals surface area contributed by atoms with Crippen LogP contribution < -0.4 is 16.9 Å². The number of primary amides is 1. The normalized spacial score (nSPS) is 13.1. The highest BCUT2D eigenvalue weighted by Crippen LogP contribution is 2.38. The van der Waals surface area contributed by atoms with Gasteiger partial charge < -0.3 is 16.9 Å². The molecule has 0 saturated carbocycles. The zero-order chi connectivity index (χ0) is 21.3. The fourth-order valence-electron chi connectivity index (χ4n) is 3.56. The number of carbonyl (C=O) groups is 2. The minimum absolute atomic E-state index is 0.0872. The van der Waals surface area contributed by atoms with E-state index < -0.39 is 5.91 Å². The van der Waals surface area contributed by atoms with E-state index in [9.17, 15) is 9.59 Å². The van der Waals surface area contributed by atoms with Gasteiger partial charge in [-0.2, -0.15) is 0 Å². The van der Waals surface area contributed by atoms with Crippen molar-refractivity contribution in [2.75, 3.05) is 16.9 Å². The van der Waals surface area contributed by atoms with Crippen molar-refractivity contribution in [3.05, 3.63) is 45.8 Å². The molecule has 1 aliphatic rings. The molecule has 0 bridgehead atoms.